The van der Waals surface area contributed by atoms with Gasteiger partial charge in [0, 0.05) is 36.1 Å². The first-order chi connectivity index (χ1) is 11.0. The smallest absolute Gasteiger partial charge is 0.254 e. The highest BCUT2D eigenvalue weighted by Gasteiger charge is 2.43. The van der Waals surface area contributed by atoms with Crippen LogP contribution in [0.25, 0.3) is 0 Å². The summed E-state index contributed by atoms with van der Waals surface area (Å²) in [4.78, 5) is 15.9. The summed E-state index contributed by atoms with van der Waals surface area (Å²) in [7, 11) is 0. The summed E-state index contributed by atoms with van der Waals surface area (Å²) in [6.07, 6.45) is 1.66. The molecule has 0 radical (unpaired) electrons. The number of amides is 1. The summed E-state index contributed by atoms with van der Waals surface area (Å²) >= 11 is 1.74. The minimum absolute atomic E-state index is 0.120. The monoisotopic (exact) mass is 335 g/mol. The van der Waals surface area contributed by atoms with Crippen LogP contribution in [-0.2, 0) is 9.47 Å². The fraction of sp³-hybridized carbons (Fsp3) is 0.611. The fourth-order valence-electron chi connectivity index (χ4n) is 3.19. The molecule has 2 aliphatic heterocycles. The van der Waals surface area contributed by atoms with Crippen LogP contribution >= 0.6 is 11.8 Å². The van der Waals surface area contributed by atoms with Gasteiger partial charge in [-0.05, 0) is 19.1 Å². The molecule has 2 aliphatic rings. The number of hydrogen-bond donors (Lipinski definition) is 0. The molecule has 3 rings (SSSR count). The Morgan fingerprint density at radius 1 is 1.30 bits per heavy atom. The van der Waals surface area contributed by atoms with Crippen LogP contribution in [0.15, 0.2) is 29.2 Å². The van der Waals surface area contributed by atoms with Crippen molar-refractivity contribution in [2.45, 2.75) is 55.6 Å². The van der Waals surface area contributed by atoms with Gasteiger partial charge in [0.1, 0.15) is 0 Å². The van der Waals surface area contributed by atoms with Gasteiger partial charge in [0.25, 0.3) is 5.91 Å². The Hall–Kier alpha value is -1.04. The van der Waals surface area contributed by atoms with E-state index in [0.717, 1.165) is 23.3 Å². The first-order valence-electron chi connectivity index (χ1n) is 8.36. The Labute approximate surface area is 142 Å². The molecule has 0 unspecified atom stereocenters. The third kappa shape index (κ3) is 3.73. The maximum atomic E-state index is 12.9. The highest BCUT2D eigenvalue weighted by molar-refractivity contribution is 8.00. The van der Waals surface area contributed by atoms with Crippen LogP contribution in [0.2, 0.25) is 0 Å². The summed E-state index contributed by atoms with van der Waals surface area (Å²) in [5, 5.41) is 0.454. The zero-order valence-electron chi connectivity index (χ0n) is 14.1. The quantitative estimate of drug-likeness (QED) is 0.792. The average molecular weight is 335 g/mol. The second kappa shape index (κ2) is 6.83. The molecule has 0 saturated carbocycles. The maximum absolute atomic E-state index is 12.9. The van der Waals surface area contributed by atoms with Gasteiger partial charge >= 0.3 is 0 Å². The Kier molecular flexibility index (Phi) is 4.99. The predicted molar refractivity (Wildman–Crippen MR) is 91.8 cm³/mol. The van der Waals surface area contributed by atoms with Gasteiger partial charge in [-0.25, -0.2) is 0 Å². The van der Waals surface area contributed by atoms with Gasteiger partial charge in [-0.1, -0.05) is 26.0 Å². The molecular weight excluding hydrogens is 310 g/mol. The lowest BCUT2D eigenvalue weighted by atomic mass is 10.0. The highest BCUT2D eigenvalue weighted by Crippen LogP contribution is 2.35. The van der Waals surface area contributed by atoms with Crippen molar-refractivity contribution in [1.29, 1.82) is 0 Å². The molecule has 0 N–H and O–H groups in total. The number of carbonyl (C=O) groups is 1. The number of thioether (sulfide) groups is 1. The number of carbonyl (C=O) groups excluding carboxylic acids is 1. The van der Waals surface area contributed by atoms with Crippen molar-refractivity contribution in [3.05, 3.63) is 29.8 Å². The summed E-state index contributed by atoms with van der Waals surface area (Å²) in [5.41, 5.74) is 0.809. The standard InChI is InChI=1S/C18H25NO3S/c1-13(2)23-16-7-5-4-6-15(16)17(20)19-10-8-18(9-11-19)21-12-14(3)22-18/h4-7,13-14H,8-12H2,1-3H3/t14-/m1/s1. The Bertz CT molecular complexity index is 567. The first kappa shape index (κ1) is 16.8. The summed E-state index contributed by atoms with van der Waals surface area (Å²) in [6, 6.07) is 7.90. The van der Waals surface area contributed by atoms with Crippen LogP contribution in [0.4, 0.5) is 0 Å². The zero-order chi connectivity index (χ0) is 16.4. The third-order valence-corrected chi connectivity index (χ3v) is 5.37. The van der Waals surface area contributed by atoms with E-state index in [9.17, 15) is 4.79 Å². The molecule has 126 valence electrons. The van der Waals surface area contributed by atoms with E-state index in [1.807, 2.05) is 36.1 Å². The van der Waals surface area contributed by atoms with Gasteiger partial charge in [-0.15, -0.1) is 11.8 Å². The van der Waals surface area contributed by atoms with E-state index in [2.05, 4.69) is 13.8 Å². The molecule has 1 atom stereocenters. The van der Waals surface area contributed by atoms with Gasteiger partial charge in [0.15, 0.2) is 5.79 Å². The van der Waals surface area contributed by atoms with Crippen molar-refractivity contribution in [3.8, 4) is 0 Å². The topological polar surface area (TPSA) is 38.8 Å². The van der Waals surface area contributed by atoms with Crippen LogP contribution < -0.4 is 0 Å². The molecule has 1 aromatic carbocycles. The van der Waals surface area contributed by atoms with Crippen LogP contribution in [0.3, 0.4) is 0 Å². The maximum Gasteiger partial charge on any atom is 0.254 e. The number of rotatable bonds is 3. The van der Waals surface area contributed by atoms with Gasteiger partial charge in [-0.2, -0.15) is 0 Å². The minimum Gasteiger partial charge on any atom is -0.347 e. The lowest BCUT2D eigenvalue weighted by Gasteiger charge is -2.38. The van der Waals surface area contributed by atoms with Crippen LogP contribution in [-0.4, -0.2) is 47.6 Å². The molecule has 0 aliphatic carbocycles. The van der Waals surface area contributed by atoms with Crippen molar-refractivity contribution in [2.24, 2.45) is 0 Å². The molecule has 1 amide bonds. The summed E-state index contributed by atoms with van der Waals surface area (Å²) < 4.78 is 11.8. The second-order valence-electron chi connectivity index (χ2n) is 6.61. The van der Waals surface area contributed by atoms with Crippen molar-refractivity contribution in [3.63, 3.8) is 0 Å². The number of benzene rings is 1. The fourth-order valence-corrected chi connectivity index (χ4v) is 4.13. The van der Waals surface area contributed by atoms with Crippen molar-refractivity contribution >= 4 is 17.7 Å². The van der Waals surface area contributed by atoms with Gasteiger partial charge in [0.2, 0.25) is 0 Å². The molecule has 0 aromatic heterocycles. The first-order valence-corrected chi connectivity index (χ1v) is 9.24. The normalized spacial score (nSPS) is 23.7. The predicted octanol–water partition coefficient (Wildman–Crippen LogP) is 3.55. The third-order valence-electron chi connectivity index (χ3n) is 4.29. The van der Waals surface area contributed by atoms with Gasteiger partial charge in [-0.3, -0.25) is 4.79 Å². The Morgan fingerprint density at radius 3 is 2.61 bits per heavy atom. The van der Waals surface area contributed by atoms with E-state index in [1.165, 1.54) is 0 Å². The number of nitrogens with zero attached hydrogens (tertiary/aromatic N) is 1. The molecule has 5 heteroatoms. The summed E-state index contributed by atoms with van der Waals surface area (Å²) in [5.74, 6) is -0.336. The van der Waals surface area contributed by atoms with E-state index in [0.29, 0.717) is 24.9 Å². The highest BCUT2D eigenvalue weighted by atomic mass is 32.2. The lowest BCUT2D eigenvalue weighted by Crippen LogP contribution is -2.47. The lowest BCUT2D eigenvalue weighted by molar-refractivity contribution is -0.189. The molecular formula is C18H25NO3S. The molecule has 2 saturated heterocycles. The molecule has 1 spiro atoms. The molecule has 1 aromatic rings. The van der Waals surface area contributed by atoms with E-state index in [4.69, 9.17) is 9.47 Å². The van der Waals surface area contributed by atoms with Crippen LogP contribution in [0.1, 0.15) is 44.0 Å². The number of piperidine rings is 1. The van der Waals surface area contributed by atoms with Crippen LogP contribution in [0, 0.1) is 0 Å². The van der Waals surface area contributed by atoms with Crippen molar-refractivity contribution < 1.29 is 14.3 Å². The molecule has 0 bridgehead atoms. The minimum atomic E-state index is -0.456. The van der Waals surface area contributed by atoms with E-state index in [1.54, 1.807) is 11.8 Å². The van der Waals surface area contributed by atoms with E-state index in [-0.39, 0.29) is 12.0 Å². The Morgan fingerprint density at radius 2 is 2.00 bits per heavy atom. The Balaban J connectivity index is 1.68. The van der Waals surface area contributed by atoms with E-state index < -0.39 is 5.79 Å². The molecule has 2 fully saturated rings. The largest absolute Gasteiger partial charge is 0.347 e. The number of likely N-dealkylation sites (tertiary alicyclic amines) is 1. The van der Waals surface area contributed by atoms with Gasteiger partial charge in [0.05, 0.1) is 18.3 Å². The molecule has 4 nitrogen and oxygen atoms in total. The van der Waals surface area contributed by atoms with Gasteiger partial charge < -0.3 is 14.4 Å². The molecule has 2 heterocycles. The van der Waals surface area contributed by atoms with Crippen LogP contribution in [0.5, 0.6) is 0 Å². The summed E-state index contributed by atoms with van der Waals surface area (Å²) in [6.45, 7) is 8.35. The molecule has 23 heavy (non-hydrogen) atoms. The second-order valence-corrected chi connectivity index (χ2v) is 8.22. The number of ether oxygens (including phenoxy) is 2. The van der Waals surface area contributed by atoms with Crippen molar-refractivity contribution in [2.75, 3.05) is 19.7 Å². The van der Waals surface area contributed by atoms with Crippen molar-refractivity contribution in [1.82, 2.24) is 4.90 Å². The average Bonchev–Trinajstić information content (AvgIpc) is 2.88. The zero-order valence-corrected chi connectivity index (χ0v) is 14.9. The number of hydrogen-bond acceptors (Lipinski definition) is 4. The van der Waals surface area contributed by atoms with E-state index >= 15 is 0 Å². The SMILES string of the molecule is CC(C)Sc1ccccc1C(=O)N1CCC2(CC1)OC[C@@H](C)O2.